The van der Waals surface area contributed by atoms with E-state index in [9.17, 15) is 0 Å². The van der Waals surface area contributed by atoms with Crippen LogP contribution in [0, 0.1) is 11.8 Å². The van der Waals surface area contributed by atoms with Crippen LogP contribution in [0.3, 0.4) is 0 Å². The first-order chi connectivity index (χ1) is 11.0. The Bertz CT molecular complexity index is 366. The van der Waals surface area contributed by atoms with E-state index >= 15 is 0 Å². The fourth-order valence-corrected chi connectivity index (χ4v) is 4.41. The highest BCUT2D eigenvalue weighted by molar-refractivity contribution is 14.1. The van der Waals surface area contributed by atoms with E-state index in [-0.39, 0.29) is 17.2 Å². The van der Waals surface area contributed by atoms with Gasteiger partial charge in [0, 0.05) is 18.4 Å². The Hall–Kier alpha value is 0.567. The third-order valence-electron chi connectivity index (χ3n) is 5.20. The summed E-state index contributed by atoms with van der Waals surface area (Å²) in [4.78, 5) is 0. The van der Waals surface area contributed by atoms with E-state index in [1.807, 2.05) is 6.92 Å². The standard InChI is InChI=1S/C19H39IO3Si/c1-10-21-13-14-22-17(4)16(3)18(15(2)11-12-20)23-24(8,9)19(5,6)7/h11-12,15-18H,10,13-14H2,1-9H3/b12-11+/t15-,16-,17-,18+/m0/s1. The first-order valence-corrected chi connectivity index (χ1v) is 13.3. The van der Waals surface area contributed by atoms with Crippen molar-refractivity contribution in [2.45, 2.75) is 78.8 Å². The van der Waals surface area contributed by atoms with Crippen molar-refractivity contribution in [3.8, 4) is 0 Å². The summed E-state index contributed by atoms with van der Waals surface area (Å²) in [6.45, 7) is 22.2. The van der Waals surface area contributed by atoms with Gasteiger partial charge in [0.15, 0.2) is 8.32 Å². The van der Waals surface area contributed by atoms with Crippen LogP contribution in [0.4, 0.5) is 0 Å². The SMILES string of the molecule is CCOCCO[C@@H](C)[C@H](C)[C@H](O[Si](C)(C)C(C)(C)C)[C@@H](C)/C=C/I. The molecule has 0 aliphatic rings. The van der Waals surface area contributed by atoms with Crippen LogP contribution in [0.5, 0.6) is 0 Å². The van der Waals surface area contributed by atoms with E-state index in [2.05, 4.69) is 87.4 Å². The van der Waals surface area contributed by atoms with Gasteiger partial charge >= 0.3 is 0 Å². The maximum absolute atomic E-state index is 6.80. The van der Waals surface area contributed by atoms with Crippen LogP contribution >= 0.6 is 22.6 Å². The quantitative estimate of drug-likeness (QED) is 0.209. The molecule has 0 saturated heterocycles. The van der Waals surface area contributed by atoms with Crippen molar-refractivity contribution in [2.75, 3.05) is 19.8 Å². The molecule has 0 unspecified atom stereocenters. The van der Waals surface area contributed by atoms with Crippen LogP contribution in [0.2, 0.25) is 18.1 Å². The summed E-state index contributed by atoms with van der Waals surface area (Å²) in [7, 11) is -1.83. The average Bonchev–Trinajstić information content (AvgIpc) is 2.47. The highest BCUT2D eigenvalue weighted by Crippen LogP contribution is 2.39. The molecule has 0 fully saturated rings. The second-order valence-electron chi connectivity index (χ2n) is 8.15. The number of hydrogen-bond acceptors (Lipinski definition) is 3. The van der Waals surface area contributed by atoms with Gasteiger partial charge in [-0.25, -0.2) is 0 Å². The fraction of sp³-hybridized carbons (Fsp3) is 0.895. The van der Waals surface area contributed by atoms with Crippen molar-refractivity contribution in [1.29, 1.82) is 0 Å². The molecule has 0 N–H and O–H groups in total. The molecule has 0 amide bonds. The van der Waals surface area contributed by atoms with Crippen molar-refractivity contribution in [3.63, 3.8) is 0 Å². The van der Waals surface area contributed by atoms with Crippen LogP contribution in [-0.4, -0.2) is 40.3 Å². The van der Waals surface area contributed by atoms with E-state index in [0.29, 0.717) is 25.0 Å². The van der Waals surface area contributed by atoms with Gasteiger partial charge < -0.3 is 13.9 Å². The fourth-order valence-electron chi connectivity index (χ4n) is 2.29. The van der Waals surface area contributed by atoms with E-state index in [1.54, 1.807) is 0 Å². The average molecular weight is 471 g/mol. The maximum atomic E-state index is 6.80. The van der Waals surface area contributed by atoms with Gasteiger partial charge in [-0.15, -0.1) is 0 Å². The van der Waals surface area contributed by atoms with Crippen LogP contribution in [0.1, 0.15) is 48.5 Å². The number of ether oxygens (including phenoxy) is 2. The minimum Gasteiger partial charge on any atom is -0.413 e. The molecule has 0 aromatic rings. The monoisotopic (exact) mass is 470 g/mol. The van der Waals surface area contributed by atoms with Gasteiger partial charge in [-0.05, 0) is 36.1 Å². The molecule has 0 radical (unpaired) electrons. The normalized spacial score (nSPS) is 18.6. The number of halogens is 1. The Morgan fingerprint density at radius 2 is 1.67 bits per heavy atom. The Balaban J connectivity index is 5.06. The first kappa shape index (κ1) is 24.6. The molecule has 144 valence electrons. The van der Waals surface area contributed by atoms with Gasteiger partial charge in [-0.3, -0.25) is 0 Å². The largest absolute Gasteiger partial charge is 0.413 e. The lowest BCUT2D eigenvalue weighted by molar-refractivity contribution is -0.0437. The Labute approximate surface area is 165 Å². The summed E-state index contributed by atoms with van der Waals surface area (Å²) in [6, 6.07) is 0. The smallest absolute Gasteiger partial charge is 0.192 e. The van der Waals surface area contributed by atoms with Crippen molar-refractivity contribution in [1.82, 2.24) is 0 Å². The van der Waals surface area contributed by atoms with Crippen molar-refractivity contribution in [2.24, 2.45) is 11.8 Å². The Morgan fingerprint density at radius 3 is 2.12 bits per heavy atom. The third kappa shape index (κ3) is 8.30. The maximum Gasteiger partial charge on any atom is 0.192 e. The highest BCUT2D eigenvalue weighted by atomic mass is 127. The van der Waals surface area contributed by atoms with Gasteiger partial charge in [0.05, 0.1) is 25.4 Å². The minimum atomic E-state index is -1.83. The topological polar surface area (TPSA) is 27.7 Å². The van der Waals surface area contributed by atoms with E-state index in [1.165, 1.54) is 0 Å². The Morgan fingerprint density at radius 1 is 1.08 bits per heavy atom. The first-order valence-electron chi connectivity index (χ1n) is 9.12. The van der Waals surface area contributed by atoms with Crippen LogP contribution in [-0.2, 0) is 13.9 Å². The van der Waals surface area contributed by atoms with Crippen molar-refractivity contribution >= 4 is 30.9 Å². The van der Waals surface area contributed by atoms with Gasteiger partial charge in [0.1, 0.15) is 0 Å². The molecular formula is C19H39IO3Si. The van der Waals surface area contributed by atoms with Crippen molar-refractivity contribution < 1.29 is 13.9 Å². The molecule has 4 atom stereocenters. The zero-order chi connectivity index (χ0) is 19.0. The van der Waals surface area contributed by atoms with Crippen LogP contribution < -0.4 is 0 Å². The predicted octanol–water partition coefficient (Wildman–Crippen LogP) is 6.04. The molecule has 0 aliphatic carbocycles. The summed E-state index contributed by atoms with van der Waals surface area (Å²) in [6.07, 6.45) is 2.55. The minimum absolute atomic E-state index is 0.144. The molecule has 3 nitrogen and oxygen atoms in total. The predicted molar refractivity (Wildman–Crippen MR) is 115 cm³/mol. The lowest BCUT2D eigenvalue weighted by Gasteiger charge is -2.43. The van der Waals surface area contributed by atoms with E-state index in [0.717, 1.165) is 6.61 Å². The van der Waals surface area contributed by atoms with Crippen LogP contribution in [0.25, 0.3) is 0 Å². The number of hydrogen-bond donors (Lipinski definition) is 0. The molecule has 0 aliphatic heterocycles. The summed E-state index contributed by atoms with van der Waals surface area (Å²) in [5.74, 6) is 0.687. The zero-order valence-corrected chi connectivity index (χ0v) is 20.3. The Kier molecular flexibility index (Phi) is 11.6. The molecule has 0 rings (SSSR count). The molecule has 0 spiro atoms. The lowest BCUT2D eigenvalue weighted by Crippen LogP contribution is -2.49. The molecule has 0 aromatic carbocycles. The van der Waals surface area contributed by atoms with Gasteiger partial charge in [-0.2, -0.15) is 0 Å². The van der Waals surface area contributed by atoms with E-state index < -0.39 is 8.32 Å². The van der Waals surface area contributed by atoms with Crippen molar-refractivity contribution in [3.05, 3.63) is 10.2 Å². The lowest BCUT2D eigenvalue weighted by atomic mass is 9.90. The third-order valence-corrected chi connectivity index (χ3v) is 10.1. The summed E-state index contributed by atoms with van der Waals surface area (Å²) < 4.78 is 20.3. The second-order valence-corrected chi connectivity index (χ2v) is 13.6. The van der Waals surface area contributed by atoms with Gasteiger partial charge in [0.25, 0.3) is 0 Å². The summed E-state index contributed by atoms with van der Waals surface area (Å²) >= 11 is 2.29. The highest BCUT2D eigenvalue weighted by Gasteiger charge is 2.42. The van der Waals surface area contributed by atoms with Gasteiger partial charge in [-0.1, -0.05) is 63.3 Å². The zero-order valence-electron chi connectivity index (χ0n) is 17.2. The summed E-state index contributed by atoms with van der Waals surface area (Å²) in [5, 5.41) is 0.206. The molecule has 0 bridgehead atoms. The molecule has 5 heteroatoms. The summed E-state index contributed by atoms with van der Waals surface area (Å²) in [5.41, 5.74) is 0. The van der Waals surface area contributed by atoms with E-state index in [4.69, 9.17) is 13.9 Å². The number of rotatable bonds is 11. The molecule has 0 heterocycles. The van der Waals surface area contributed by atoms with Crippen LogP contribution in [0.15, 0.2) is 10.2 Å². The molecule has 24 heavy (non-hydrogen) atoms. The second kappa shape index (κ2) is 11.3. The molecule has 0 saturated carbocycles. The van der Waals surface area contributed by atoms with Gasteiger partial charge in [0.2, 0.25) is 0 Å². The molecule has 0 aromatic heterocycles. The molecular weight excluding hydrogens is 431 g/mol.